The van der Waals surface area contributed by atoms with Crippen molar-refractivity contribution >= 4 is 17.3 Å². The van der Waals surface area contributed by atoms with Crippen molar-refractivity contribution in [3.63, 3.8) is 0 Å². The van der Waals surface area contributed by atoms with Gasteiger partial charge in [0.05, 0.1) is 11.6 Å². The molecule has 0 bridgehead atoms. The topological polar surface area (TPSA) is 38.5 Å². The van der Waals surface area contributed by atoms with Gasteiger partial charge in [-0.2, -0.15) is 0 Å². The van der Waals surface area contributed by atoms with Crippen LogP contribution in [-0.4, -0.2) is 26.7 Å². The van der Waals surface area contributed by atoms with Crippen molar-refractivity contribution in [2.24, 2.45) is 5.73 Å². The quantitative estimate of drug-likeness (QED) is 0.763. The van der Waals surface area contributed by atoms with Crippen molar-refractivity contribution < 1.29 is 4.74 Å². The van der Waals surface area contributed by atoms with E-state index in [2.05, 4.69) is 11.9 Å². The van der Waals surface area contributed by atoms with Crippen molar-refractivity contribution in [2.45, 2.75) is 19.8 Å². The van der Waals surface area contributed by atoms with E-state index in [0.29, 0.717) is 11.6 Å². The van der Waals surface area contributed by atoms with E-state index in [4.69, 9.17) is 22.1 Å². The molecule has 0 aliphatic rings. The minimum atomic E-state index is 0.630. The number of benzene rings is 1. The number of hydrogen-bond acceptors (Lipinski definition) is 3. The SMILES string of the molecule is CCOc1ccc(N(C)CCCCN)cc1Cl. The molecule has 0 radical (unpaired) electrons. The summed E-state index contributed by atoms with van der Waals surface area (Å²) < 4.78 is 5.40. The highest BCUT2D eigenvalue weighted by atomic mass is 35.5. The van der Waals surface area contributed by atoms with Crippen LogP contribution < -0.4 is 15.4 Å². The number of ether oxygens (including phenoxy) is 1. The van der Waals surface area contributed by atoms with Gasteiger partial charge in [0.25, 0.3) is 0 Å². The van der Waals surface area contributed by atoms with E-state index in [1.54, 1.807) is 0 Å². The average molecular weight is 257 g/mol. The molecule has 1 aromatic rings. The van der Waals surface area contributed by atoms with Crippen LogP contribution in [-0.2, 0) is 0 Å². The van der Waals surface area contributed by atoms with Crippen molar-refractivity contribution in [1.82, 2.24) is 0 Å². The van der Waals surface area contributed by atoms with Gasteiger partial charge in [0, 0.05) is 19.3 Å². The Morgan fingerprint density at radius 2 is 2.12 bits per heavy atom. The lowest BCUT2D eigenvalue weighted by Crippen LogP contribution is -2.19. The molecular weight excluding hydrogens is 236 g/mol. The summed E-state index contributed by atoms with van der Waals surface area (Å²) in [6.07, 6.45) is 2.15. The maximum Gasteiger partial charge on any atom is 0.138 e. The number of nitrogens with zero attached hydrogens (tertiary/aromatic N) is 1. The smallest absolute Gasteiger partial charge is 0.138 e. The van der Waals surface area contributed by atoms with Crippen LogP contribution >= 0.6 is 11.6 Å². The fraction of sp³-hybridized carbons (Fsp3) is 0.538. The van der Waals surface area contributed by atoms with E-state index in [-0.39, 0.29) is 0 Å². The highest BCUT2D eigenvalue weighted by molar-refractivity contribution is 6.32. The Balaban J connectivity index is 2.62. The summed E-state index contributed by atoms with van der Waals surface area (Å²) in [5.74, 6) is 0.744. The van der Waals surface area contributed by atoms with Gasteiger partial charge in [-0.15, -0.1) is 0 Å². The molecule has 0 saturated heterocycles. The van der Waals surface area contributed by atoms with Crippen molar-refractivity contribution in [2.75, 3.05) is 31.6 Å². The first-order valence-electron chi connectivity index (χ1n) is 6.02. The average Bonchev–Trinajstić information content (AvgIpc) is 2.32. The second-order valence-corrected chi connectivity index (χ2v) is 4.37. The summed E-state index contributed by atoms with van der Waals surface area (Å²) in [5, 5.41) is 0.662. The van der Waals surface area contributed by atoms with Gasteiger partial charge in [-0.3, -0.25) is 0 Å². The molecule has 96 valence electrons. The van der Waals surface area contributed by atoms with Crippen LogP contribution in [0.25, 0.3) is 0 Å². The largest absolute Gasteiger partial charge is 0.492 e. The lowest BCUT2D eigenvalue weighted by molar-refractivity contribution is 0.340. The predicted molar refractivity (Wildman–Crippen MR) is 74.2 cm³/mol. The summed E-state index contributed by atoms with van der Waals surface area (Å²) in [4.78, 5) is 2.18. The van der Waals surface area contributed by atoms with Crippen LogP contribution in [0.15, 0.2) is 18.2 Å². The molecule has 17 heavy (non-hydrogen) atoms. The van der Waals surface area contributed by atoms with Gasteiger partial charge >= 0.3 is 0 Å². The summed E-state index contributed by atoms with van der Waals surface area (Å²) in [6, 6.07) is 5.88. The Hall–Kier alpha value is -0.930. The zero-order valence-corrected chi connectivity index (χ0v) is 11.3. The van der Waals surface area contributed by atoms with E-state index in [1.807, 2.05) is 25.1 Å². The van der Waals surface area contributed by atoms with Crippen LogP contribution in [0.4, 0.5) is 5.69 Å². The molecule has 1 rings (SSSR count). The molecule has 0 aromatic heterocycles. The first kappa shape index (κ1) is 14.1. The molecular formula is C13H21ClN2O. The standard InChI is InChI=1S/C13H21ClN2O/c1-3-17-13-7-6-11(10-12(13)14)16(2)9-5-4-8-15/h6-7,10H,3-5,8-9,15H2,1-2H3. The number of unbranched alkanes of at least 4 members (excludes halogenated alkanes) is 1. The molecule has 0 amide bonds. The van der Waals surface area contributed by atoms with E-state index < -0.39 is 0 Å². The van der Waals surface area contributed by atoms with Gasteiger partial charge in [-0.1, -0.05) is 11.6 Å². The van der Waals surface area contributed by atoms with Crippen LogP contribution in [0.5, 0.6) is 5.75 Å². The third-order valence-corrected chi connectivity index (χ3v) is 2.90. The maximum atomic E-state index is 6.14. The molecule has 1 aromatic carbocycles. The Morgan fingerprint density at radius 1 is 1.35 bits per heavy atom. The highest BCUT2D eigenvalue weighted by Crippen LogP contribution is 2.29. The van der Waals surface area contributed by atoms with E-state index in [0.717, 1.165) is 37.4 Å². The Labute approximate surface area is 109 Å². The highest BCUT2D eigenvalue weighted by Gasteiger charge is 2.05. The molecule has 0 spiro atoms. The molecule has 2 N–H and O–H groups in total. The minimum absolute atomic E-state index is 0.630. The van der Waals surface area contributed by atoms with E-state index in [1.165, 1.54) is 0 Å². The van der Waals surface area contributed by atoms with Crippen LogP contribution in [0, 0.1) is 0 Å². The fourth-order valence-corrected chi connectivity index (χ4v) is 1.85. The molecule has 0 unspecified atom stereocenters. The molecule has 0 heterocycles. The molecule has 3 nitrogen and oxygen atoms in total. The van der Waals surface area contributed by atoms with Crippen molar-refractivity contribution in [3.8, 4) is 5.75 Å². The minimum Gasteiger partial charge on any atom is -0.492 e. The molecule has 0 fully saturated rings. The van der Waals surface area contributed by atoms with Gasteiger partial charge in [0.15, 0.2) is 0 Å². The van der Waals surface area contributed by atoms with Crippen molar-refractivity contribution in [3.05, 3.63) is 23.2 Å². The first-order valence-corrected chi connectivity index (χ1v) is 6.40. The molecule has 0 atom stereocenters. The van der Waals surface area contributed by atoms with Gasteiger partial charge in [0.1, 0.15) is 5.75 Å². The number of halogens is 1. The van der Waals surface area contributed by atoms with Crippen LogP contribution in [0.1, 0.15) is 19.8 Å². The Bertz CT molecular complexity index is 344. The van der Waals surface area contributed by atoms with Crippen LogP contribution in [0.2, 0.25) is 5.02 Å². The summed E-state index contributed by atoms with van der Waals surface area (Å²) in [5.41, 5.74) is 6.58. The molecule has 0 aliphatic carbocycles. The lowest BCUT2D eigenvalue weighted by Gasteiger charge is -2.20. The molecule has 0 aliphatic heterocycles. The number of rotatable bonds is 7. The van der Waals surface area contributed by atoms with Gasteiger partial charge < -0.3 is 15.4 Å². The zero-order valence-electron chi connectivity index (χ0n) is 10.6. The second kappa shape index (κ2) is 7.41. The number of hydrogen-bond donors (Lipinski definition) is 1. The van der Waals surface area contributed by atoms with Gasteiger partial charge in [0.2, 0.25) is 0 Å². The molecule has 0 saturated carbocycles. The third kappa shape index (κ3) is 4.44. The summed E-state index contributed by atoms with van der Waals surface area (Å²) in [7, 11) is 2.06. The lowest BCUT2D eigenvalue weighted by atomic mass is 10.2. The number of anilines is 1. The van der Waals surface area contributed by atoms with Gasteiger partial charge in [-0.05, 0) is 44.5 Å². The second-order valence-electron chi connectivity index (χ2n) is 3.97. The van der Waals surface area contributed by atoms with Crippen LogP contribution in [0.3, 0.4) is 0 Å². The molecule has 4 heteroatoms. The van der Waals surface area contributed by atoms with E-state index >= 15 is 0 Å². The normalized spacial score (nSPS) is 10.4. The first-order chi connectivity index (χ1) is 8.19. The zero-order chi connectivity index (χ0) is 12.7. The summed E-state index contributed by atoms with van der Waals surface area (Å²) in [6.45, 7) is 4.31. The third-order valence-electron chi connectivity index (χ3n) is 2.60. The van der Waals surface area contributed by atoms with E-state index in [9.17, 15) is 0 Å². The maximum absolute atomic E-state index is 6.14. The summed E-state index contributed by atoms with van der Waals surface area (Å²) >= 11 is 6.14. The van der Waals surface area contributed by atoms with Crippen molar-refractivity contribution in [1.29, 1.82) is 0 Å². The Kier molecular flexibility index (Phi) is 6.16. The Morgan fingerprint density at radius 3 is 2.71 bits per heavy atom. The predicted octanol–water partition coefficient (Wildman–Crippen LogP) is 2.91. The van der Waals surface area contributed by atoms with Gasteiger partial charge in [-0.25, -0.2) is 0 Å². The fourth-order valence-electron chi connectivity index (χ4n) is 1.62. The monoisotopic (exact) mass is 256 g/mol. The number of nitrogens with two attached hydrogens (primary N) is 1.